The molecule has 1 aliphatic rings. The third-order valence-corrected chi connectivity index (χ3v) is 9.10. The molecule has 11 heteroatoms. The van der Waals surface area contributed by atoms with Gasteiger partial charge in [0.15, 0.2) is 5.17 Å². The summed E-state index contributed by atoms with van der Waals surface area (Å²) in [5.41, 5.74) is 1.04. The Labute approximate surface area is 247 Å². The number of halogens is 1. The van der Waals surface area contributed by atoms with Crippen molar-refractivity contribution in [1.29, 1.82) is 0 Å². The Morgan fingerprint density at radius 3 is 2.38 bits per heavy atom. The summed E-state index contributed by atoms with van der Waals surface area (Å²) in [5, 5.41) is 1.96. The number of ether oxygens (including phenoxy) is 1. The van der Waals surface area contributed by atoms with Crippen molar-refractivity contribution < 1.29 is 22.7 Å². The number of anilines is 2. The van der Waals surface area contributed by atoms with Gasteiger partial charge in [-0.15, -0.1) is 4.40 Å². The summed E-state index contributed by atoms with van der Waals surface area (Å²) in [4.78, 5) is 27.5. The quantitative estimate of drug-likeness (QED) is 0.222. The molecule has 210 valence electrons. The Bertz CT molecular complexity index is 1450. The van der Waals surface area contributed by atoms with Gasteiger partial charge in [0.2, 0.25) is 11.8 Å². The number of carbonyl (C=O) groups is 2. The number of sulfonamides is 1. The van der Waals surface area contributed by atoms with E-state index in [0.29, 0.717) is 18.0 Å². The Hall–Kier alpha value is -3.15. The lowest BCUT2D eigenvalue weighted by molar-refractivity contribution is -0.121. The first-order chi connectivity index (χ1) is 19.3. The summed E-state index contributed by atoms with van der Waals surface area (Å²) in [6, 6.07) is 21.8. The van der Waals surface area contributed by atoms with Crippen LogP contribution < -0.4 is 15.0 Å². The van der Waals surface area contributed by atoms with Crippen LogP contribution in [-0.2, 0) is 19.6 Å². The summed E-state index contributed by atoms with van der Waals surface area (Å²) in [6.07, 6.45) is 4.33. The zero-order valence-electron chi connectivity index (χ0n) is 22.0. The molecule has 1 atom stereocenters. The molecular weight excluding hydrogens is 614 g/mol. The van der Waals surface area contributed by atoms with E-state index in [4.69, 9.17) is 4.74 Å². The molecular formula is C29H30BrN3O5S2. The van der Waals surface area contributed by atoms with Crippen molar-refractivity contribution in [1.82, 2.24) is 0 Å². The highest BCUT2D eigenvalue weighted by molar-refractivity contribution is 9.10. The number of hydrogen-bond acceptors (Lipinski definition) is 6. The van der Waals surface area contributed by atoms with Crippen molar-refractivity contribution >= 4 is 66.1 Å². The number of unbranched alkanes of at least 4 members (excludes halogenated alkanes) is 3. The molecule has 3 aromatic rings. The van der Waals surface area contributed by atoms with E-state index in [1.54, 1.807) is 66.7 Å². The van der Waals surface area contributed by atoms with Crippen LogP contribution in [0.15, 0.2) is 92.6 Å². The highest BCUT2D eigenvalue weighted by Crippen LogP contribution is 2.35. The molecule has 0 aromatic heterocycles. The summed E-state index contributed by atoms with van der Waals surface area (Å²) >= 11 is 4.25. The molecule has 40 heavy (non-hydrogen) atoms. The molecule has 0 radical (unpaired) electrons. The van der Waals surface area contributed by atoms with Gasteiger partial charge in [-0.25, -0.2) is 0 Å². The van der Waals surface area contributed by atoms with Crippen molar-refractivity contribution in [2.45, 2.75) is 49.2 Å². The van der Waals surface area contributed by atoms with Crippen molar-refractivity contribution in [3.05, 3.63) is 83.3 Å². The number of carbonyl (C=O) groups excluding carboxylic acids is 2. The second kappa shape index (κ2) is 14.0. The Balaban J connectivity index is 1.45. The number of amidine groups is 1. The fraction of sp³-hybridized carbons (Fsp3) is 0.276. The molecule has 0 spiro atoms. The maximum Gasteiger partial charge on any atom is 0.284 e. The van der Waals surface area contributed by atoms with Crippen LogP contribution in [0.5, 0.6) is 5.75 Å². The first-order valence-electron chi connectivity index (χ1n) is 13.0. The number of benzene rings is 3. The van der Waals surface area contributed by atoms with Gasteiger partial charge in [0.05, 0.1) is 17.2 Å². The standard InChI is InChI=1S/C29H30BrN3O5S2/c1-2-3-4-8-19-38-24-15-13-22(14-16-24)31-27(34)20-26-28(35)33(23-9-6-5-7-10-23)29(39-26)32-40(36,37)25-17-11-21(30)12-18-25/h5-7,9-18,26H,2-4,8,19-20H2,1H3,(H,31,34). The second-order valence-corrected chi connectivity index (χ2v) is 12.8. The largest absolute Gasteiger partial charge is 0.494 e. The van der Waals surface area contributed by atoms with Crippen LogP contribution in [0.1, 0.15) is 39.0 Å². The predicted molar refractivity (Wildman–Crippen MR) is 163 cm³/mol. The number of rotatable bonds is 12. The lowest BCUT2D eigenvalue weighted by atomic mass is 10.2. The SMILES string of the molecule is CCCCCCOc1ccc(NC(=O)CC2SC(=NS(=O)(=O)c3ccc(Br)cc3)N(c3ccccc3)C2=O)cc1. The van der Waals surface area contributed by atoms with Crippen molar-refractivity contribution in [2.75, 3.05) is 16.8 Å². The van der Waals surface area contributed by atoms with Crippen LogP contribution >= 0.6 is 27.7 Å². The van der Waals surface area contributed by atoms with E-state index < -0.39 is 21.2 Å². The number of hydrogen-bond donors (Lipinski definition) is 1. The molecule has 1 aliphatic heterocycles. The van der Waals surface area contributed by atoms with E-state index in [1.165, 1.54) is 29.9 Å². The van der Waals surface area contributed by atoms with Gasteiger partial charge in [-0.3, -0.25) is 14.5 Å². The molecule has 1 unspecified atom stereocenters. The lowest BCUT2D eigenvalue weighted by Gasteiger charge is -2.16. The highest BCUT2D eigenvalue weighted by atomic mass is 79.9. The molecule has 0 aliphatic carbocycles. The minimum absolute atomic E-state index is 0.00107. The summed E-state index contributed by atoms with van der Waals surface area (Å²) < 4.78 is 36.6. The van der Waals surface area contributed by atoms with Crippen molar-refractivity contribution in [3.63, 3.8) is 0 Å². The van der Waals surface area contributed by atoms with Crippen molar-refractivity contribution in [3.8, 4) is 5.75 Å². The van der Waals surface area contributed by atoms with Crippen LogP contribution in [-0.4, -0.2) is 37.3 Å². The molecule has 0 bridgehead atoms. The lowest BCUT2D eigenvalue weighted by Crippen LogP contribution is -2.33. The number of thioether (sulfide) groups is 1. The Morgan fingerprint density at radius 2 is 1.70 bits per heavy atom. The van der Waals surface area contributed by atoms with E-state index in [2.05, 4.69) is 32.6 Å². The molecule has 1 N–H and O–H groups in total. The topological polar surface area (TPSA) is 105 Å². The van der Waals surface area contributed by atoms with Gasteiger partial charge in [0.25, 0.3) is 10.0 Å². The maximum absolute atomic E-state index is 13.4. The van der Waals surface area contributed by atoms with E-state index >= 15 is 0 Å². The Morgan fingerprint density at radius 1 is 1.00 bits per heavy atom. The van der Waals surface area contributed by atoms with E-state index in [1.807, 2.05) is 0 Å². The fourth-order valence-corrected chi connectivity index (χ4v) is 6.57. The first-order valence-corrected chi connectivity index (χ1v) is 16.1. The van der Waals surface area contributed by atoms with Crippen LogP contribution in [0.4, 0.5) is 11.4 Å². The number of para-hydroxylation sites is 1. The van der Waals surface area contributed by atoms with Gasteiger partial charge in [0.1, 0.15) is 11.0 Å². The first kappa shape index (κ1) is 29.8. The van der Waals surface area contributed by atoms with Crippen LogP contribution in [0.25, 0.3) is 0 Å². The third-order valence-electron chi connectivity index (χ3n) is 6.03. The van der Waals surface area contributed by atoms with Gasteiger partial charge >= 0.3 is 0 Å². The maximum atomic E-state index is 13.4. The van der Waals surface area contributed by atoms with Gasteiger partial charge in [0, 0.05) is 16.6 Å². The number of nitrogens with zero attached hydrogens (tertiary/aromatic N) is 2. The second-order valence-electron chi connectivity index (χ2n) is 9.10. The van der Waals surface area contributed by atoms with Crippen LogP contribution in [0.3, 0.4) is 0 Å². The third kappa shape index (κ3) is 7.96. The van der Waals surface area contributed by atoms with Gasteiger partial charge in [-0.1, -0.05) is 72.1 Å². The van der Waals surface area contributed by atoms with Gasteiger partial charge < -0.3 is 10.1 Å². The van der Waals surface area contributed by atoms with Gasteiger partial charge in [-0.05, 0) is 67.1 Å². The zero-order valence-corrected chi connectivity index (χ0v) is 25.2. The average Bonchev–Trinajstić information content (AvgIpc) is 3.23. The predicted octanol–water partition coefficient (Wildman–Crippen LogP) is 6.63. The highest BCUT2D eigenvalue weighted by Gasteiger charge is 2.41. The zero-order chi connectivity index (χ0) is 28.5. The smallest absolute Gasteiger partial charge is 0.284 e. The molecule has 1 fully saturated rings. The molecule has 8 nitrogen and oxygen atoms in total. The number of amides is 2. The van der Waals surface area contributed by atoms with Crippen molar-refractivity contribution in [2.24, 2.45) is 4.40 Å². The normalized spacial score (nSPS) is 16.4. The van der Waals surface area contributed by atoms with Crippen LogP contribution in [0.2, 0.25) is 0 Å². The minimum atomic E-state index is -4.10. The fourth-order valence-electron chi connectivity index (χ4n) is 3.97. The van der Waals surface area contributed by atoms with E-state index in [0.717, 1.165) is 34.8 Å². The molecule has 2 amide bonds. The molecule has 0 saturated carbocycles. The molecule has 1 heterocycles. The van der Waals surface area contributed by atoms with E-state index in [9.17, 15) is 18.0 Å². The molecule has 1 saturated heterocycles. The molecule has 4 rings (SSSR count). The summed E-state index contributed by atoms with van der Waals surface area (Å²) in [7, 11) is -4.10. The van der Waals surface area contributed by atoms with E-state index in [-0.39, 0.29) is 22.4 Å². The summed E-state index contributed by atoms with van der Waals surface area (Å²) in [6.45, 7) is 2.81. The average molecular weight is 645 g/mol. The Kier molecular flexibility index (Phi) is 10.4. The monoisotopic (exact) mass is 643 g/mol. The van der Waals surface area contributed by atoms with Gasteiger partial charge in [-0.2, -0.15) is 8.42 Å². The van der Waals surface area contributed by atoms with Crippen LogP contribution in [0, 0.1) is 0 Å². The molecule has 3 aromatic carbocycles. The minimum Gasteiger partial charge on any atom is -0.494 e. The summed E-state index contributed by atoms with van der Waals surface area (Å²) in [5.74, 6) is -0.0607. The number of nitrogens with one attached hydrogen (secondary N) is 1.